The Morgan fingerprint density at radius 2 is 2.00 bits per heavy atom. The van der Waals surface area contributed by atoms with Crippen LogP contribution in [0, 0.1) is 0 Å². The van der Waals surface area contributed by atoms with E-state index in [1.165, 1.54) is 0 Å². The van der Waals surface area contributed by atoms with E-state index in [1.807, 2.05) is 0 Å². The van der Waals surface area contributed by atoms with Crippen LogP contribution in [0.2, 0.25) is 0 Å². The van der Waals surface area contributed by atoms with Crippen LogP contribution in [-0.4, -0.2) is 30.8 Å². The molecule has 6 nitrogen and oxygen atoms in total. The maximum atomic E-state index is 11.4. The van der Waals surface area contributed by atoms with Crippen LogP contribution in [0.25, 0.3) is 0 Å². The second kappa shape index (κ2) is 3.93. The zero-order chi connectivity index (χ0) is 10.7. The first-order chi connectivity index (χ1) is 5.70. The standard InChI is InChI=1S/C6H15N3O3S/c1-6(2,3)13(11,12)8-4-5(7)9-10/h8,10H,4H2,1-3H3,(H2,7,9). The minimum Gasteiger partial charge on any atom is -0.409 e. The number of rotatable bonds is 3. The average molecular weight is 209 g/mol. The highest BCUT2D eigenvalue weighted by Gasteiger charge is 2.28. The first-order valence-electron chi connectivity index (χ1n) is 3.66. The van der Waals surface area contributed by atoms with Crippen LogP contribution in [0.5, 0.6) is 0 Å². The zero-order valence-corrected chi connectivity index (χ0v) is 8.72. The molecule has 0 aliphatic rings. The van der Waals surface area contributed by atoms with Gasteiger partial charge in [0.05, 0.1) is 11.3 Å². The van der Waals surface area contributed by atoms with Gasteiger partial charge < -0.3 is 10.9 Å². The van der Waals surface area contributed by atoms with Crippen LogP contribution in [0.1, 0.15) is 20.8 Å². The van der Waals surface area contributed by atoms with Gasteiger partial charge in [0.15, 0.2) is 5.84 Å². The van der Waals surface area contributed by atoms with Gasteiger partial charge in [0.2, 0.25) is 10.0 Å². The molecule has 0 saturated heterocycles. The minimum atomic E-state index is -3.42. The second-order valence-electron chi connectivity index (χ2n) is 3.53. The van der Waals surface area contributed by atoms with Gasteiger partial charge in [-0.25, -0.2) is 13.1 Å². The van der Waals surface area contributed by atoms with Gasteiger partial charge in [-0.2, -0.15) is 0 Å². The Labute approximate surface area is 77.9 Å². The molecular formula is C6H15N3O3S. The Balaban J connectivity index is 4.39. The van der Waals surface area contributed by atoms with E-state index in [1.54, 1.807) is 20.8 Å². The Morgan fingerprint density at radius 3 is 2.31 bits per heavy atom. The van der Waals surface area contributed by atoms with Crippen LogP contribution >= 0.6 is 0 Å². The molecule has 0 rings (SSSR count). The first-order valence-corrected chi connectivity index (χ1v) is 5.14. The predicted molar refractivity (Wildman–Crippen MR) is 50.1 cm³/mol. The minimum absolute atomic E-state index is 0.173. The summed E-state index contributed by atoms with van der Waals surface area (Å²) in [5.74, 6) is -0.173. The molecule has 0 atom stereocenters. The topological polar surface area (TPSA) is 105 Å². The molecule has 0 bridgehead atoms. The van der Waals surface area contributed by atoms with E-state index in [2.05, 4.69) is 9.88 Å². The largest absolute Gasteiger partial charge is 0.409 e. The maximum Gasteiger partial charge on any atom is 0.216 e. The van der Waals surface area contributed by atoms with E-state index in [-0.39, 0.29) is 12.4 Å². The summed E-state index contributed by atoms with van der Waals surface area (Å²) in [6.07, 6.45) is 0. The van der Waals surface area contributed by atoms with Crippen molar-refractivity contribution in [1.29, 1.82) is 0 Å². The van der Waals surface area contributed by atoms with Gasteiger partial charge in [-0.05, 0) is 20.8 Å². The molecule has 78 valence electrons. The van der Waals surface area contributed by atoms with E-state index in [4.69, 9.17) is 10.9 Å². The van der Waals surface area contributed by atoms with Crippen LogP contribution in [-0.2, 0) is 10.0 Å². The van der Waals surface area contributed by atoms with E-state index in [9.17, 15) is 8.42 Å². The summed E-state index contributed by atoms with van der Waals surface area (Å²) in [6.45, 7) is 4.49. The third kappa shape index (κ3) is 3.60. The third-order valence-electron chi connectivity index (χ3n) is 1.38. The van der Waals surface area contributed by atoms with Crippen molar-refractivity contribution in [3.05, 3.63) is 0 Å². The molecule has 0 aliphatic carbocycles. The van der Waals surface area contributed by atoms with E-state index in [0.717, 1.165) is 0 Å². The molecule has 0 unspecified atom stereocenters. The monoisotopic (exact) mass is 209 g/mol. The van der Waals surface area contributed by atoms with Crippen molar-refractivity contribution >= 4 is 15.9 Å². The molecule has 0 aromatic rings. The lowest BCUT2D eigenvalue weighted by Gasteiger charge is -2.19. The molecule has 0 fully saturated rings. The summed E-state index contributed by atoms with van der Waals surface area (Å²) >= 11 is 0. The molecule has 7 heteroatoms. The Kier molecular flexibility index (Phi) is 3.68. The summed E-state index contributed by atoms with van der Waals surface area (Å²) in [5.41, 5.74) is 5.10. The zero-order valence-electron chi connectivity index (χ0n) is 7.90. The fourth-order valence-corrected chi connectivity index (χ4v) is 1.19. The maximum absolute atomic E-state index is 11.4. The van der Waals surface area contributed by atoms with Crippen LogP contribution in [0.4, 0.5) is 0 Å². The van der Waals surface area contributed by atoms with Gasteiger partial charge in [0, 0.05) is 0 Å². The fourth-order valence-electron chi connectivity index (χ4n) is 0.421. The molecule has 0 saturated carbocycles. The van der Waals surface area contributed by atoms with Crippen molar-refractivity contribution < 1.29 is 13.6 Å². The Morgan fingerprint density at radius 1 is 1.54 bits per heavy atom. The van der Waals surface area contributed by atoms with Crippen LogP contribution in [0.3, 0.4) is 0 Å². The Hall–Kier alpha value is -0.820. The highest BCUT2D eigenvalue weighted by molar-refractivity contribution is 7.90. The van der Waals surface area contributed by atoms with Crippen molar-refractivity contribution in [2.24, 2.45) is 10.9 Å². The second-order valence-corrected chi connectivity index (χ2v) is 6.05. The molecule has 0 aliphatic heterocycles. The lowest BCUT2D eigenvalue weighted by atomic mass is 10.3. The van der Waals surface area contributed by atoms with E-state index >= 15 is 0 Å². The SMILES string of the molecule is CC(C)(C)S(=O)(=O)NCC(N)=NO. The van der Waals surface area contributed by atoms with Crippen molar-refractivity contribution in [1.82, 2.24) is 4.72 Å². The first kappa shape index (κ1) is 12.2. The molecule has 0 heterocycles. The summed E-state index contributed by atoms with van der Waals surface area (Å²) < 4.78 is 24.0. The van der Waals surface area contributed by atoms with Gasteiger partial charge in [-0.3, -0.25) is 0 Å². The van der Waals surface area contributed by atoms with E-state index in [0.29, 0.717) is 0 Å². The normalized spacial score (nSPS) is 14.5. The highest BCUT2D eigenvalue weighted by Crippen LogP contribution is 2.12. The van der Waals surface area contributed by atoms with Gasteiger partial charge in [0.1, 0.15) is 0 Å². The van der Waals surface area contributed by atoms with Crippen molar-refractivity contribution in [3.8, 4) is 0 Å². The van der Waals surface area contributed by atoms with Crippen LogP contribution < -0.4 is 10.5 Å². The Bertz CT molecular complexity index is 289. The lowest BCUT2D eigenvalue weighted by molar-refractivity contribution is 0.317. The number of nitrogens with zero attached hydrogens (tertiary/aromatic N) is 1. The fraction of sp³-hybridized carbons (Fsp3) is 0.833. The molecule has 4 N–H and O–H groups in total. The third-order valence-corrected chi connectivity index (χ3v) is 3.51. The van der Waals surface area contributed by atoms with Crippen LogP contribution in [0.15, 0.2) is 5.16 Å². The van der Waals surface area contributed by atoms with E-state index < -0.39 is 14.8 Å². The molecule has 0 spiro atoms. The molecular weight excluding hydrogens is 194 g/mol. The summed E-state index contributed by atoms with van der Waals surface area (Å²) in [5, 5.41) is 10.8. The van der Waals surface area contributed by atoms with Crippen molar-refractivity contribution in [3.63, 3.8) is 0 Å². The number of nitrogens with two attached hydrogens (primary N) is 1. The number of sulfonamides is 1. The van der Waals surface area contributed by atoms with Crippen molar-refractivity contribution in [2.45, 2.75) is 25.5 Å². The summed E-state index contributed by atoms with van der Waals surface area (Å²) in [7, 11) is -3.42. The average Bonchev–Trinajstić information content (AvgIpc) is 1.98. The number of nitrogens with one attached hydrogen (secondary N) is 1. The molecule has 0 radical (unpaired) electrons. The van der Waals surface area contributed by atoms with Gasteiger partial charge in [-0.15, -0.1) is 0 Å². The molecule has 0 aromatic carbocycles. The number of oxime groups is 1. The van der Waals surface area contributed by atoms with Crippen molar-refractivity contribution in [2.75, 3.05) is 6.54 Å². The van der Waals surface area contributed by atoms with Gasteiger partial charge >= 0.3 is 0 Å². The summed E-state index contributed by atoms with van der Waals surface area (Å²) in [6, 6.07) is 0. The smallest absolute Gasteiger partial charge is 0.216 e. The number of amidine groups is 1. The number of hydrogen-bond acceptors (Lipinski definition) is 4. The number of hydrogen-bond donors (Lipinski definition) is 3. The lowest BCUT2D eigenvalue weighted by Crippen LogP contribution is -2.43. The van der Waals surface area contributed by atoms with Gasteiger partial charge in [0.25, 0.3) is 0 Å². The molecule has 0 aromatic heterocycles. The molecule has 0 amide bonds. The summed E-state index contributed by atoms with van der Waals surface area (Å²) in [4.78, 5) is 0. The predicted octanol–water partition coefficient (Wildman–Crippen LogP) is -0.549. The highest BCUT2D eigenvalue weighted by atomic mass is 32.2. The quantitative estimate of drug-likeness (QED) is 0.251. The molecule has 13 heavy (non-hydrogen) atoms. The van der Waals surface area contributed by atoms with Gasteiger partial charge in [-0.1, -0.05) is 5.16 Å².